The SMILES string of the molecule is C=C/C(=C\N=C(N)N)c1cc(Nc2ccc3c(c2)OCC(=O)N3)nc(N2CCOCC2)n1. The summed E-state index contributed by atoms with van der Waals surface area (Å²) in [5.41, 5.74) is 13.5. The normalized spacial score (nSPS) is 15.8. The van der Waals surface area contributed by atoms with Crippen molar-refractivity contribution in [2.45, 2.75) is 0 Å². The standard InChI is InChI=1S/C21H24N8O3/c1-2-13(11-24-20(22)23)16-10-18(28-21(27-16)29-5-7-31-8-6-29)25-14-3-4-15-17(9-14)32-12-19(30)26-15/h2-4,9-11H,1,5-8,12H2,(H,26,30)(H4,22,23,24)(H,25,27,28)/b13-11+. The molecule has 1 aromatic carbocycles. The summed E-state index contributed by atoms with van der Waals surface area (Å²) in [6.07, 6.45) is 3.13. The van der Waals surface area contributed by atoms with E-state index in [4.69, 9.17) is 20.9 Å². The van der Waals surface area contributed by atoms with Crippen LogP contribution in [0.2, 0.25) is 0 Å². The number of hydrogen-bond acceptors (Lipinski definition) is 8. The van der Waals surface area contributed by atoms with Crippen LogP contribution in [0.15, 0.2) is 48.1 Å². The molecule has 32 heavy (non-hydrogen) atoms. The lowest BCUT2D eigenvalue weighted by Crippen LogP contribution is -2.37. The van der Waals surface area contributed by atoms with Crippen LogP contribution in [-0.2, 0) is 9.53 Å². The number of anilines is 4. The van der Waals surface area contributed by atoms with Gasteiger partial charge in [-0.15, -0.1) is 0 Å². The molecule has 2 aliphatic heterocycles. The fraction of sp³-hybridized carbons (Fsp3) is 0.238. The van der Waals surface area contributed by atoms with Gasteiger partial charge in [0.1, 0.15) is 11.6 Å². The molecule has 0 atom stereocenters. The first-order chi connectivity index (χ1) is 15.5. The molecule has 0 bridgehead atoms. The monoisotopic (exact) mass is 436 g/mol. The predicted octanol–water partition coefficient (Wildman–Crippen LogP) is 1.19. The average molecular weight is 436 g/mol. The molecule has 3 heterocycles. The van der Waals surface area contributed by atoms with Crippen molar-refractivity contribution in [2.24, 2.45) is 16.5 Å². The Bertz CT molecular complexity index is 1090. The molecule has 0 spiro atoms. The Balaban J connectivity index is 1.69. The summed E-state index contributed by atoms with van der Waals surface area (Å²) in [4.78, 5) is 26.9. The van der Waals surface area contributed by atoms with Crippen molar-refractivity contribution in [1.29, 1.82) is 0 Å². The van der Waals surface area contributed by atoms with Crippen molar-refractivity contribution in [3.63, 3.8) is 0 Å². The summed E-state index contributed by atoms with van der Waals surface area (Å²) in [5.74, 6) is 1.45. The number of aliphatic imine (C=N–C) groups is 1. The zero-order chi connectivity index (χ0) is 22.5. The van der Waals surface area contributed by atoms with E-state index in [1.54, 1.807) is 24.3 Å². The van der Waals surface area contributed by atoms with Crippen LogP contribution in [0.3, 0.4) is 0 Å². The molecule has 0 saturated carbocycles. The summed E-state index contributed by atoms with van der Waals surface area (Å²) in [6.45, 7) is 6.37. The number of carbonyl (C=O) groups is 1. The number of allylic oxidation sites excluding steroid dienone is 2. The van der Waals surface area contributed by atoms with Gasteiger partial charge in [-0.2, -0.15) is 4.98 Å². The summed E-state index contributed by atoms with van der Waals surface area (Å²) in [6, 6.07) is 7.18. The van der Waals surface area contributed by atoms with Crippen molar-refractivity contribution in [3.8, 4) is 5.75 Å². The summed E-state index contributed by atoms with van der Waals surface area (Å²) >= 11 is 0. The Labute approximate surface area is 184 Å². The van der Waals surface area contributed by atoms with Crippen LogP contribution in [0.5, 0.6) is 5.75 Å². The third kappa shape index (κ3) is 4.95. The molecule has 1 amide bonds. The van der Waals surface area contributed by atoms with Gasteiger partial charge < -0.3 is 36.5 Å². The number of aromatic nitrogens is 2. The van der Waals surface area contributed by atoms with Gasteiger partial charge in [-0.25, -0.2) is 9.98 Å². The van der Waals surface area contributed by atoms with Crippen LogP contribution >= 0.6 is 0 Å². The smallest absolute Gasteiger partial charge is 0.262 e. The minimum atomic E-state index is -0.182. The van der Waals surface area contributed by atoms with E-state index in [-0.39, 0.29) is 18.5 Å². The van der Waals surface area contributed by atoms with Crippen LogP contribution in [-0.4, -0.2) is 54.7 Å². The van der Waals surface area contributed by atoms with Gasteiger partial charge in [0.15, 0.2) is 12.6 Å². The van der Waals surface area contributed by atoms with E-state index in [2.05, 4.69) is 32.2 Å². The number of rotatable bonds is 6. The molecule has 0 unspecified atom stereocenters. The molecule has 0 radical (unpaired) electrons. The maximum Gasteiger partial charge on any atom is 0.262 e. The van der Waals surface area contributed by atoms with Gasteiger partial charge in [-0.05, 0) is 12.1 Å². The summed E-state index contributed by atoms with van der Waals surface area (Å²) < 4.78 is 10.9. The number of nitrogens with zero attached hydrogens (tertiary/aromatic N) is 4. The van der Waals surface area contributed by atoms with Gasteiger partial charge in [-0.3, -0.25) is 4.79 Å². The van der Waals surface area contributed by atoms with E-state index in [1.807, 2.05) is 11.0 Å². The summed E-state index contributed by atoms with van der Waals surface area (Å²) in [5, 5.41) is 6.05. The molecular weight excluding hydrogens is 412 g/mol. The maximum absolute atomic E-state index is 11.5. The van der Waals surface area contributed by atoms with Crippen molar-refractivity contribution >= 4 is 40.6 Å². The molecule has 11 heteroatoms. The van der Waals surface area contributed by atoms with Crippen molar-refractivity contribution in [3.05, 3.63) is 48.8 Å². The molecule has 11 nitrogen and oxygen atoms in total. The van der Waals surface area contributed by atoms with Gasteiger partial charge in [0.25, 0.3) is 5.91 Å². The van der Waals surface area contributed by atoms with Crippen LogP contribution in [0.4, 0.5) is 23.1 Å². The Morgan fingerprint density at radius 1 is 1.25 bits per heavy atom. The second kappa shape index (κ2) is 9.35. The lowest BCUT2D eigenvalue weighted by Gasteiger charge is -2.27. The zero-order valence-corrected chi connectivity index (χ0v) is 17.4. The molecule has 1 fully saturated rings. The number of hydrogen-bond donors (Lipinski definition) is 4. The Hall–Kier alpha value is -4.12. The number of carbonyl (C=O) groups excluding carboxylic acids is 1. The van der Waals surface area contributed by atoms with Crippen molar-refractivity contribution < 1.29 is 14.3 Å². The molecule has 4 rings (SSSR count). The number of fused-ring (bicyclic) bond motifs is 1. The van der Waals surface area contributed by atoms with E-state index in [0.717, 1.165) is 5.69 Å². The Morgan fingerprint density at radius 2 is 2.06 bits per heavy atom. The highest BCUT2D eigenvalue weighted by Gasteiger charge is 2.18. The van der Waals surface area contributed by atoms with Crippen LogP contribution < -0.4 is 31.7 Å². The Kier molecular flexibility index (Phi) is 6.17. The van der Waals surface area contributed by atoms with Crippen molar-refractivity contribution in [2.75, 3.05) is 48.4 Å². The summed E-state index contributed by atoms with van der Waals surface area (Å²) in [7, 11) is 0. The van der Waals surface area contributed by atoms with E-state index >= 15 is 0 Å². The van der Waals surface area contributed by atoms with Crippen LogP contribution in [0, 0.1) is 0 Å². The quantitative estimate of drug-likeness (QED) is 0.297. The lowest BCUT2D eigenvalue weighted by molar-refractivity contribution is -0.118. The highest BCUT2D eigenvalue weighted by Crippen LogP contribution is 2.32. The fourth-order valence-electron chi connectivity index (χ4n) is 3.22. The third-order valence-electron chi connectivity index (χ3n) is 4.76. The molecule has 166 valence electrons. The number of ether oxygens (including phenoxy) is 2. The number of nitrogens with one attached hydrogen (secondary N) is 2. The van der Waals surface area contributed by atoms with E-state index in [0.29, 0.717) is 60.8 Å². The molecule has 1 aromatic heterocycles. The molecule has 0 aliphatic carbocycles. The molecule has 2 aliphatic rings. The molecule has 6 N–H and O–H groups in total. The second-order valence-corrected chi connectivity index (χ2v) is 7.05. The first kappa shape index (κ1) is 21.1. The van der Waals surface area contributed by atoms with Crippen molar-refractivity contribution in [1.82, 2.24) is 9.97 Å². The molecule has 1 saturated heterocycles. The van der Waals surface area contributed by atoms with E-state index in [9.17, 15) is 4.79 Å². The van der Waals surface area contributed by atoms with Gasteiger partial charge in [-0.1, -0.05) is 12.7 Å². The molecule has 2 aromatic rings. The largest absolute Gasteiger partial charge is 0.482 e. The lowest BCUT2D eigenvalue weighted by atomic mass is 10.2. The first-order valence-corrected chi connectivity index (χ1v) is 9.99. The minimum Gasteiger partial charge on any atom is -0.482 e. The van der Waals surface area contributed by atoms with E-state index in [1.165, 1.54) is 6.20 Å². The highest BCUT2D eigenvalue weighted by molar-refractivity contribution is 5.95. The number of benzene rings is 1. The maximum atomic E-state index is 11.5. The fourth-order valence-corrected chi connectivity index (χ4v) is 3.22. The first-order valence-electron chi connectivity index (χ1n) is 9.99. The predicted molar refractivity (Wildman–Crippen MR) is 123 cm³/mol. The zero-order valence-electron chi connectivity index (χ0n) is 17.4. The number of amides is 1. The van der Waals surface area contributed by atoms with Gasteiger partial charge in [0.2, 0.25) is 5.95 Å². The second-order valence-electron chi connectivity index (χ2n) is 7.05. The number of morpholine rings is 1. The van der Waals surface area contributed by atoms with Crippen LogP contribution in [0.1, 0.15) is 5.69 Å². The third-order valence-corrected chi connectivity index (χ3v) is 4.76. The van der Waals surface area contributed by atoms with Gasteiger partial charge in [0, 0.05) is 42.7 Å². The van der Waals surface area contributed by atoms with E-state index < -0.39 is 0 Å². The average Bonchev–Trinajstić information content (AvgIpc) is 2.80. The highest BCUT2D eigenvalue weighted by atomic mass is 16.5. The number of nitrogens with two attached hydrogens (primary N) is 2. The molecular formula is C21H24N8O3. The topological polar surface area (TPSA) is 153 Å². The Morgan fingerprint density at radius 3 is 2.81 bits per heavy atom. The number of guanidine groups is 1. The minimum absolute atomic E-state index is 0.0203. The van der Waals surface area contributed by atoms with Gasteiger partial charge in [0.05, 0.1) is 24.6 Å². The van der Waals surface area contributed by atoms with Gasteiger partial charge >= 0.3 is 0 Å². The van der Waals surface area contributed by atoms with Crippen LogP contribution in [0.25, 0.3) is 5.57 Å².